The van der Waals surface area contributed by atoms with Crippen molar-refractivity contribution in [1.29, 1.82) is 0 Å². The van der Waals surface area contributed by atoms with E-state index in [0.717, 1.165) is 0 Å². The van der Waals surface area contributed by atoms with Crippen LogP contribution in [0, 0.1) is 0 Å². The fraction of sp³-hybridized carbons (Fsp3) is 0.133. The van der Waals surface area contributed by atoms with Crippen LogP contribution in [0.2, 0.25) is 0 Å². The number of rotatable bonds is 8. The average molecular weight is 511 g/mol. The van der Waals surface area contributed by atoms with Gasteiger partial charge in [-0.3, -0.25) is 9.59 Å². The van der Waals surface area contributed by atoms with Crippen molar-refractivity contribution in [3.63, 3.8) is 0 Å². The Morgan fingerprint density at radius 1 is 0.553 bits per heavy atom. The second kappa shape index (κ2) is 10.2. The summed E-state index contributed by atoms with van der Waals surface area (Å²) < 4.78 is 11.0. The van der Waals surface area contributed by atoms with Crippen LogP contribution in [-0.4, -0.2) is 35.0 Å². The highest BCUT2D eigenvalue weighted by atomic mass is 16.5. The van der Waals surface area contributed by atoms with Crippen molar-refractivity contribution in [3.8, 4) is 23.0 Å². The Balaban J connectivity index is 1.56. The molecule has 0 saturated carbocycles. The molecule has 0 amide bonds. The second-order valence-corrected chi connectivity index (χ2v) is 8.59. The molecule has 4 aromatic rings. The van der Waals surface area contributed by atoms with Gasteiger partial charge in [0.2, 0.25) is 5.78 Å². The lowest BCUT2D eigenvalue weighted by molar-refractivity contribution is 0.0975. The minimum Gasteiger partial charge on any atom is -0.507 e. The highest BCUT2D eigenvalue weighted by Crippen LogP contribution is 2.43. The Hall–Kier alpha value is -4.98. The van der Waals surface area contributed by atoms with E-state index in [1.165, 1.54) is 12.1 Å². The molecule has 1 aliphatic rings. The molecule has 8 nitrogen and oxygen atoms in total. The molecule has 0 saturated heterocycles. The number of ketones is 2. The summed E-state index contributed by atoms with van der Waals surface area (Å²) in [6.45, 7) is 4.86. The molecule has 0 aliphatic heterocycles. The van der Waals surface area contributed by atoms with Gasteiger partial charge >= 0.3 is 0 Å². The van der Waals surface area contributed by atoms with Crippen molar-refractivity contribution in [2.45, 2.75) is 13.8 Å². The number of hydrogen-bond donors (Lipinski definition) is 4. The normalized spacial score (nSPS) is 11.9. The van der Waals surface area contributed by atoms with Crippen LogP contribution in [0.25, 0.3) is 0 Å². The maximum atomic E-state index is 14.0. The summed E-state index contributed by atoms with van der Waals surface area (Å²) in [7, 11) is 0. The lowest BCUT2D eigenvalue weighted by Gasteiger charge is -2.24. The van der Waals surface area contributed by atoms with E-state index in [0.29, 0.717) is 47.5 Å². The smallest absolute Gasteiger partial charge is 0.202 e. The maximum absolute atomic E-state index is 14.0. The van der Waals surface area contributed by atoms with Gasteiger partial charge < -0.3 is 30.3 Å². The highest BCUT2D eigenvalue weighted by molar-refractivity contribution is 6.33. The van der Waals surface area contributed by atoms with Crippen LogP contribution in [0.5, 0.6) is 23.0 Å². The van der Waals surface area contributed by atoms with Gasteiger partial charge in [-0.25, -0.2) is 0 Å². The van der Waals surface area contributed by atoms with E-state index in [9.17, 15) is 19.8 Å². The molecular formula is C30H26N2O6. The lowest BCUT2D eigenvalue weighted by atomic mass is 9.81. The van der Waals surface area contributed by atoms with Crippen LogP contribution < -0.4 is 20.1 Å². The van der Waals surface area contributed by atoms with Crippen LogP contribution >= 0.6 is 0 Å². The standard InChI is InChI=1S/C30H26N2O6/c1-3-37-19-9-5-17(6-10-19)31-21-13-15-23(33)27-25(21)29(35)26-22(14-16-24(34)28(26)30(27)36)32-18-7-11-20(12-8-18)38-4-2/h5-16,31-34H,3-4H2,1-2H3. The second-order valence-electron chi connectivity index (χ2n) is 8.59. The van der Waals surface area contributed by atoms with Gasteiger partial charge in [-0.15, -0.1) is 0 Å². The highest BCUT2D eigenvalue weighted by Gasteiger charge is 2.38. The monoisotopic (exact) mass is 510 g/mol. The molecule has 4 aromatic carbocycles. The number of carbonyl (C=O) groups is 2. The van der Waals surface area contributed by atoms with E-state index in [1.54, 1.807) is 60.7 Å². The first kappa shape index (κ1) is 24.7. The van der Waals surface area contributed by atoms with Crippen molar-refractivity contribution < 1.29 is 29.3 Å². The Bertz CT molecular complexity index is 1420. The molecule has 0 bridgehead atoms. The number of carbonyl (C=O) groups excluding carboxylic acids is 2. The Labute approximate surface area is 219 Å². The van der Waals surface area contributed by atoms with Crippen LogP contribution in [0.1, 0.15) is 45.7 Å². The zero-order chi connectivity index (χ0) is 26.8. The van der Waals surface area contributed by atoms with Crippen molar-refractivity contribution in [2.24, 2.45) is 0 Å². The first-order valence-corrected chi connectivity index (χ1v) is 12.2. The van der Waals surface area contributed by atoms with Crippen LogP contribution in [-0.2, 0) is 0 Å². The van der Waals surface area contributed by atoms with Gasteiger partial charge in [0.1, 0.15) is 23.0 Å². The molecule has 0 atom stereocenters. The van der Waals surface area contributed by atoms with E-state index < -0.39 is 11.6 Å². The summed E-state index contributed by atoms with van der Waals surface area (Å²) >= 11 is 0. The van der Waals surface area contributed by atoms with Gasteiger partial charge in [0.05, 0.1) is 46.8 Å². The number of ether oxygens (including phenoxy) is 2. The molecule has 1 aliphatic carbocycles. The quantitative estimate of drug-likeness (QED) is 0.183. The summed E-state index contributed by atoms with van der Waals surface area (Å²) in [6.07, 6.45) is 0. The van der Waals surface area contributed by atoms with E-state index in [2.05, 4.69) is 10.6 Å². The van der Waals surface area contributed by atoms with Gasteiger partial charge in [0.15, 0.2) is 5.78 Å². The molecule has 0 fully saturated rings. The van der Waals surface area contributed by atoms with Crippen LogP contribution in [0.15, 0.2) is 72.8 Å². The van der Waals surface area contributed by atoms with Crippen LogP contribution in [0.4, 0.5) is 22.7 Å². The number of hydrogen-bond acceptors (Lipinski definition) is 8. The van der Waals surface area contributed by atoms with Gasteiger partial charge in [-0.2, -0.15) is 0 Å². The van der Waals surface area contributed by atoms with Crippen molar-refractivity contribution in [2.75, 3.05) is 23.8 Å². The minimum absolute atomic E-state index is 0.0247. The molecule has 8 heteroatoms. The molecule has 192 valence electrons. The molecule has 4 N–H and O–H groups in total. The summed E-state index contributed by atoms with van der Waals surface area (Å²) in [6, 6.07) is 20.1. The number of phenols is 2. The number of nitrogens with one attached hydrogen (secondary N) is 2. The third-order valence-corrected chi connectivity index (χ3v) is 6.16. The summed E-state index contributed by atoms with van der Waals surface area (Å²) in [5.74, 6) is -0.438. The van der Waals surface area contributed by atoms with E-state index in [-0.39, 0.29) is 33.8 Å². The van der Waals surface area contributed by atoms with E-state index in [4.69, 9.17) is 9.47 Å². The van der Waals surface area contributed by atoms with E-state index in [1.807, 2.05) is 13.8 Å². The van der Waals surface area contributed by atoms with Gasteiger partial charge in [0.25, 0.3) is 0 Å². The number of benzene rings is 4. The predicted octanol–water partition coefficient (Wildman–Crippen LogP) is 6.16. The van der Waals surface area contributed by atoms with Crippen molar-refractivity contribution in [3.05, 3.63) is 95.1 Å². The molecule has 38 heavy (non-hydrogen) atoms. The molecule has 0 spiro atoms. The number of aromatic hydroxyl groups is 2. The third kappa shape index (κ3) is 4.48. The molecule has 0 aromatic heterocycles. The predicted molar refractivity (Wildman–Crippen MR) is 145 cm³/mol. The number of anilines is 4. The Kier molecular flexibility index (Phi) is 6.62. The molecule has 5 rings (SSSR count). The number of fused-ring (bicyclic) bond motifs is 2. The summed E-state index contributed by atoms with van der Waals surface area (Å²) in [5, 5.41) is 27.5. The molecular weight excluding hydrogens is 484 g/mol. The minimum atomic E-state index is -0.643. The largest absolute Gasteiger partial charge is 0.507 e. The van der Waals surface area contributed by atoms with Gasteiger partial charge in [0, 0.05) is 11.4 Å². The summed E-state index contributed by atoms with van der Waals surface area (Å²) in [4.78, 5) is 27.5. The topological polar surface area (TPSA) is 117 Å². The molecule has 0 unspecified atom stereocenters. The average Bonchev–Trinajstić information content (AvgIpc) is 2.91. The first-order chi connectivity index (χ1) is 18.4. The van der Waals surface area contributed by atoms with Gasteiger partial charge in [-0.05, 0) is 86.6 Å². The zero-order valence-electron chi connectivity index (χ0n) is 20.9. The Morgan fingerprint density at radius 2 is 0.921 bits per heavy atom. The SMILES string of the molecule is CCOc1ccc(Nc2ccc(O)c3c2C(=O)c2c(Nc4ccc(OCC)cc4)ccc(O)c2C3=O)cc1. The summed E-state index contributed by atoms with van der Waals surface area (Å²) in [5.41, 5.74) is 1.75. The fourth-order valence-electron chi connectivity index (χ4n) is 4.49. The number of phenolic OH excluding ortho intramolecular Hbond substituents is 2. The zero-order valence-corrected chi connectivity index (χ0v) is 20.9. The molecule has 0 heterocycles. The van der Waals surface area contributed by atoms with Gasteiger partial charge in [-0.1, -0.05) is 0 Å². The fourth-order valence-corrected chi connectivity index (χ4v) is 4.49. The Morgan fingerprint density at radius 3 is 1.29 bits per heavy atom. The van der Waals surface area contributed by atoms with Crippen molar-refractivity contribution >= 4 is 34.3 Å². The third-order valence-electron chi connectivity index (χ3n) is 6.16. The van der Waals surface area contributed by atoms with Crippen molar-refractivity contribution in [1.82, 2.24) is 0 Å². The van der Waals surface area contributed by atoms with E-state index >= 15 is 0 Å². The first-order valence-electron chi connectivity index (χ1n) is 12.2. The maximum Gasteiger partial charge on any atom is 0.202 e. The van der Waals surface area contributed by atoms with Crippen LogP contribution in [0.3, 0.4) is 0 Å². The molecule has 0 radical (unpaired) electrons. The lowest BCUT2D eigenvalue weighted by Crippen LogP contribution is -2.23.